The highest BCUT2D eigenvalue weighted by molar-refractivity contribution is 6.30. The summed E-state index contributed by atoms with van der Waals surface area (Å²) < 4.78 is 14.2. The minimum Gasteiger partial charge on any atom is -0.372 e. The van der Waals surface area contributed by atoms with Gasteiger partial charge in [-0.2, -0.15) is 0 Å². The predicted molar refractivity (Wildman–Crippen MR) is 112 cm³/mol. The average molecular weight is 399 g/mol. The normalized spacial score (nSPS) is 20.6. The fourth-order valence-electron chi connectivity index (χ4n) is 4.15. The number of ketones is 1. The summed E-state index contributed by atoms with van der Waals surface area (Å²) in [5.41, 5.74) is 6.34. The van der Waals surface area contributed by atoms with E-state index in [4.69, 9.17) is 11.6 Å². The van der Waals surface area contributed by atoms with E-state index in [2.05, 4.69) is 50.5 Å². The van der Waals surface area contributed by atoms with Gasteiger partial charge in [0.2, 0.25) is 0 Å². The van der Waals surface area contributed by atoms with Crippen molar-refractivity contribution in [3.05, 3.63) is 69.1 Å². The van der Waals surface area contributed by atoms with Crippen molar-refractivity contribution >= 4 is 28.8 Å². The van der Waals surface area contributed by atoms with Gasteiger partial charge in [0.1, 0.15) is 5.82 Å². The number of aryl methyl sites for hydroxylation is 2. The Balaban J connectivity index is 1.91. The molecule has 0 saturated heterocycles. The molecule has 0 radical (unpaired) electrons. The van der Waals surface area contributed by atoms with Crippen LogP contribution >= 0.6 is 11.6 Å². The van der Waals surface area contributed by atoms with Gasteiger partial charge in [-0.1, -0.05) is 31.5 Å². The number of nitrogens with one attached hydrogen (secondary N) is 2. The van der Waals surface area contributed by atoms with Gasteiger partial charge < -0.3 is 10.6 Å². The van der Waals surface area contributed by atoms with E-state index in [-0.39, 0.29) is 16.2 Å². The first-order chi connectivity index (χ1) is 13.1. The quantitative estimate of drug-likeness (QED) is 0.590. The summed E-state index contributed by atoms with van der Waals surface area (Å²) in [6.45, 7) is 8.33. The molecule has 1 unspecified atom stereocenters. The first kappa shape index (κ1) is 19.0. The predicted octanol–water partition coefficient (Wildman–Crippen LogP) is 6.32. The minimum absolute atomic E-state index is 0.0765. The molecule has 4 rings (SSSR count). The minimum atomic E-state index is -0.482. The molecule has 0 bridgehead atoms. The van der Waals surface area contributed by atoms with Crippen molar-refractivity contribution in [2.24, 2.45) is 5.41 Å². The maximum atomic E-state index is 14.2. The van der Waals surface area contributed by atoms with E-state index < -0.39 is 11.9 Å². The third kappa shape index (κ3) is 3.30. The third-order valence-electron chi connectivity index (χ3n) is 5.70. The van der Waals surface area contributed by atoms with Gasteiger partial charge in [-0.05, 0) is 66.6 Å². The second-order valence-electron chi connectivity index (χ2n) is 8.69. The lowest BCUT2D eigenvalue weighted by molar-refractivity contribution is -0.118. The Kier molecular flexibility index (Phi) is 4.50. The number of rotatable bonds is 1. The van der Waals surface area contributed by atoms with Gasteiger partial charge in [-0.3, -0.25) is 4.79 Å². The summed E-state index contributed by atoms with van der Waals surface area (Å²) in [4.78, 5) is 13.2. The standard InChI is InChI=1S/C23H24ClFN2O/c1-12-7-17-18(8-13(12)2)27-22(14-5-6-15(24)16(25)9-14)21-19(26-17)10-23(3,4)11-20(21)28/h5-9,22,26-27H,10-11H2,1-4H3. The van der Waals surface area contributed by atoms with Crippen LogP contribution in [0.25, 0.3) is 0 Å². The zero-order valence-corrected chi connectivity index (χ0v) is 17.3. The number of allylic oxidation sites excluding steroid dienone is 1. The Labute approximate surface area is 170 Å². The van der Waals surface area contributed by atoms with Crippen molar-refractivity contribution in [3.63, 3.8) is 0 Å². The second-order valence-corrected chi connectivity index (χ2v) is 9.10. The number of hydrogen-bond acceptors (Lipinski definition) is 3. The number of benzene rings is 2. The Hall–Kier alpha value is -2.33. The van der Waals surface area contributed by atoms with Gasteiger partial charge in [-0.15, -0.1) is 0 Å². The lowest BCUT2D eigenvalue weighted by Crippen LogP contribution is -2.31. The van der Waals surface area contributed by atoms with E-state index in [1.807, 2.05) is 0 Å². The van der Waals surface area contributed by atoms with Gasteiger partial charge in [0.25, 0.3) is 0 Å². The van der Waals surface area contributed by atoms with Crippen molar-refractivity contribution in [1.29, 1.82) is 0 Å². The fraction of sp³-hybridized carbons (Fsp3) is 0.348. The summed E-state index contributed by atoms with van der Waals surface area (Å²) in [5, 5.41) is 7.09. The molecule has 0 amide bonds. The highest BCUT2D eigenvalue weighted by Gasteiger charge is 2.38. The van der Waals surface area contributed by atoms with Crippen LogP contribution in [-0.4, -0.2) is 5.78 Å². The number of anilines is 2. The number of carbonyl (C=O) groups is 1. The first-order valence-corrected chi connectivity index (χ1v) is 9.88. The van der Waals surface area contributed by atoms with Crippen LogP contribution < -0.4 is 10.6 Å². The molecule has 2 aromatic carbocycles. The molecule has 0 spiro atoms. The molecule has 2 N–H and O–H groups in total. The van der Waals surface area contributed by atoms with Crippen LogP contribution in [0.15, 0.2) is 41.6 Å². The molecule has 0 fully saturated rings. The van der Waals surface area contributed by atoms with Crippen molar-refractivity contribution in [2.45, 2.75) is 46.6 Å². The van der Waals surface area contributed by atoms with E-state index in [1.54, 1.807) is 12.1 Å². The summed E-state index contributed by atoms with van der Waals surface area (Å²) in [6.07, 6.45) is 1.23. The SMILES string of the molecule is Cc1cc2c(cc1C)NC(c1ccc(Cl)c(F)c1)C1=C(CC(C)(C)CC1=O)N2. The highest BCUT2D eigenvalue weighted by Crippen LogP contribution is 2.46. The smallest absolute Gasteiger partial charge is 0.163 e. The van der Waals surface area contributed by atoms with E-state index in [0.29, 0.717) is 17.6 Å². The molecule has 1 atom stereocenters. The Morgan fingerprint density at radius 2 is 1.75 bits per heavy atom. The molecule has 2 aliphatic rings. The molecule has 3 nitrogen and oxygen atoms in total. The van der Waals surface area contributed by atoms with Crippen molar-refractivity contribution in [3.8, 4) is 0 Å². The van der Waals surface area contributed by atoms with Crippen LogP contribution in [-0.2, 0) is 4.79 Å². The van der Waals surface area contributed by atoms with Crippen molar-refractivity contribution in [1.82, 2.24) is 0 Å². The van der Waals surface area contributed by atoms with Crippen molar-refractivity contribution in [2.75, 3.05) is 10.6 Å². The zero-order valence-electron chi connectivity index (χ0n) is 16.5. The summed E-state index contributed by atoms with van der Waals surface area (Å²) >= 11 is 5.89. The van der Waals surface area contributed by atoms with E-state index >= 15 is 0 Å². The topological polar surface area (TPSA) is 41.1 Å². The number of carbonyl (C=O) groups excluding carboxylic acids is 1. The fourth-order valence-corrected chi connectivity index (χ4v) is 4.27. The molecule has 5 heteroatoms. The average Bonchev–Trinajstić information content (AvgIpc) is 2.73. The van der Waals surface area contributed by atoms with Crippen molar-refractivity contribution < 1.29 is 9.18 Å². The van der Waals surface area contributed by atoms with Gasteiger partial charge in [-0.25, -0.2) is 4.39 Å². The maximum absolute atomic E-state index is 14.2. The summed E-state index contributed by atoms with van der Waals surface area (Å²) in [5.74, 6) is -0.392. The van der Waals surface area contributed by atoms with Crippen LogP contribution in [0.1, 0.15) is 49.4 Å². The largest absolute Gasteiger partial charge is 0.372 e. The Morgan fingerprint density at radius 1 is 1.07 bits per heavy atom. The second kappa shape index (κ2) is 6.63. The number of fused-ring (bicyclic) bond motifs is 1. The molecular formula is C23H24ClFN2O. The monoisotopic (exact) mass is 398 g/mol. The summed E-state index contributed by atoms with van der Waals surface area (Å²) in [6, 6.07) is 8.49. The number of hydrogen-bond donors (Lipinski definition) is 2. The maximum Gasteiger partial charge on any atom is 0.163 e. The van der Waals surface area contributed by atoms with Crippen LogP contribution in [0.4, 0.5) is 15.8 Å². The van der Waals surface area contributed by atoms with Gasteiger partial charge in [0.15, 0.2) is 5.78 Å². The molecule has 1 heterocycles. The first-order valence-electron chi connectivity index (χ1n) is 9.51. The molecule has 1 aliphatic carbocycles. The van der Waals surface area contributed by atoms with Gasteiger partial charge >= 0.3 is 0 Å². The number of halogens is 2. The molecule has 1 aliphatic heterocycles. The number of Topliss-reactive ketones (excluding diaryl/α,β-unsaturated/α-hetero) is 1. The Morgan fingerprint density at radius 3 is 2.43 bits per heavy atom. The Bertz CT molecular complexity index is 1030. The van der Waals surface area contributed by atoms with E-state index in [9.17, 15) is 9.18 Å². The summed E-state index contributed by atoms with van der Waals surface area (Å²) in [7, 11) is 0. The van der Waals surface area contributed by atoms with Crippen LogP contribution in [0.2, 0.25) is 5.02 Å². The van der Waals surface area contributed by atoms with Crippen LogP contribution in [0, 0.1) is 25.1 Å². The lowest BCUT2D eigenvalue weighted by atomic mass is 9.73. The molecule has 0 saturated carbocycles. The molecule has 0 aromatic heterocycles. The molecular weight excluding hydrogens is 375 g/mol. The molecule has 28 heavy (non-hydrogen) atoms. The van der Waals surface area contributed by atoms with Gasteiger partial charge in [0.05, 0.1) is 22.4 Å². The molecule has 146 valence electrons. The van der Waals surface area contributed by atoms with Gasteiger partial charge in [0, 0.05) is 17.7 Å². The third-order valence-corrected chi connectivity index (χ3v) is 6.01. The lowest BCUT2D eigenvalue weighted by Gasteiger charge is -2.34. The van der Waals surface area contributed by atoms with Crippen LogP contribution in [0.3, 0.4) is 0 Å². The van der Waals surface area contributed by atoms with Crippen LogP contribution in [0.5, 0.6) is 0 Å². The van der Waals surface area contributed by atoms with E-state index in [0.717, 1.165) is 29.1 Å². The zero-order chi connectivity index (χ0) is 20.2. The van der Waals surface area contributed by atoms with E-state index in [1.165, 1.54) is 11.6 Å². The molecule has 2 aromatic rings. The highest BCUT2D eigenvalue weighted by atomic mass is 35.5.